The van der Waals surface area contributed by atoms with Crippen LogP contribution in [-0.4, -0.2) is 6.04 Å². The Bertz CT molecular complexity index is 261. The predicted molar refractivity (Wildman–Crippen MR) is 45.6 cm³/mol. The number of allylic oxidation sites excluding steroid dienone is 1. The van der Waals surface area contributed by atoms with Crippen LogP contribution in [-0.2, 0) is 0 Å². The van der Waals surface area contributed by atoms with Crippen molar-refractivity contribution in [2.75, 3.05) is 0 Å². The normalized spacial score (nSPS) is 33.9. The molecule has 0 saturated carbocycles. The highest BCUT2D eigenvalue weighted by Crippen LogP contribution is 2.26. The van der Waals surface area contributed by atoms with E-state index in [0.717, 1.165) is 5.70 Å². The third-order valence-corrected chi connectivity index (χ3v) is 2.28. The molecule has 2 aliphatic rings. The molecule has 0 fully saturated rings. The van der Waals surface area contributed by atoms with E-state index in [4.69, 9.17) is 5.73 Å². The van der Waals surface area contributed by atoms with Crippen molar-refractivity contribution < 1.29 is 0 Å². The SMILES string of the molecule is CC1=CNC2C=C(N)C=CC12. The minimum atomic E-state index is 0.403. The van der Waals surface area contributed by atoms with Crippen molar-refractivity contribution in [2.24, 2.45) is 11.7 Å². The molecule has 2 nitrogen and oxygen atoms in total. The Morgan fingerprint density at radius 1 is 1.55 bits per heavy atom. The Morgan fingerprint density at radius 2 is 2.36 bits per heavy atom. The Hall–Kier alpha value is -1.18. The molecule has 0 saturated heterocycles. The lowest BCUT2D eigenvalue weighted by molar-refractivity contribution is 0.627. The minimum absolute atomic E-state index is 0.403. The van der Waals surface area contributed by atoms with Crippen molar-refractivity contribution in [1.82, 2.24) is 5.32 Å². The molecule has 2 rings (SSSR count). The molecule has 2 heteroatoms. The lowest BCUT2D eigenvalue weighted by Gasteiger charge is -2.18. The number of hydrogen-bond donors (Lipinski definition) is 2. The second kappa shape index (κ2) is 2.16. The van der Waals surface area contributed by atoms with E-state index in [-0.39, 0.29) is 0 Å². The van der Waals surface area contributed by atoms with Gasteiger partial charge in [-0.3, -0.25) is 0 Å². The van der Waals surface area contributed by atoms with Crippen molar-refractivity contribution in [3.8, 4) is 0 Å². The van der Waals surface area contributed by atoms with Crippen LogP contribution >= 0.6 is 0 Å². The third kappa shape index (κ3) is 0.946. The fourth-order valence-electron chi connectivity index (χ4n) is 1.61. The van der Waals surface area contributed by atoms with Crippen LogP contribution in [0.2, 0.25) is 0 Å². The molecule has 3 N–H and O–H groups in total. The van der Waals surface area contributed by atoms with Crippen LogP contribution in [0.1, 0.15) is 6.92 Å². The molecule has 58 valence electrons. The molecule has 0 aromatic carbocycles. The van der Waals surface area contributed by atoms with E-state index in [1.807, 2.05) is 6.08 Å². The van der Waals surface area contributed by atoms with E-state index < -0.39 is 0 Å². The summed E-state index contributed by atoms with van der Waals surface area (Å²) in [6, 6.07) is 0.403. The summed E-state index contributed by atoms with van der Waals surface area (Å²) in [6.45, 7) is 2.14. The topological polar surface area (TPSA) is 38.0 Å². The van der Waals surface area contributed by atoms with Gasteiger partial charge in [-0.1, -0.05) is 6.08 Å². The second-order valence-electron chi connectivity index (χ2n) is 3.13. The number of nitrogens with two attached hydrogens (primary N) is 1. The highest BCUT2D eigenvalue weighted by Gasteiger charge is 2.24. The first kappa shape index (κ1) is 6.53. The monoisotopic (exact) mass is 148 g/mol. The van der Waals surface area contributed by atoms with Crippen LogP contribution in [0, 0.1) is 5.92 Å². The average molecular weight is 148 g/mol. The van der Waals surface area contributed by atoms with Crippen LogP contribution in [0.3, 0.4) is 0 Å². The molecule has 0 aromatic rings. The van der Waals surface area contributed by atoms with Gasteiger partial charge < -0.3 is 11.1 Å². The summed E-state index contributed by atoms with van der Waals surface area (Å²) in [5.41, 5.74) is 7.89. The number of hydrogen-bond acceptors (Lipinski definition) is 2. The molecule has 0 aromatic heterocycles. The summed E-state index contributed by atoms with van der Waals surface area (Å²) in [6.07, 6.45) is 8.27. The van der Waals surface area contributed by atoms with E-state index in [0.29, 0.717) is 12.0 Å². The standard InChI is InChI=1S/C9H12N2/c1-6-5-11-9-4-7(10)2-3-8(6)9/h2-5,8-9,11H,10H2,1H3. The predicted octanol–water partition coefficient (Wildman–Crippen LogP) is 0.891. The molecular weight excluding hydrogens is 136 g/mol. The largest absolute Gasteiger partial charge is 0.399 e. The Morgan fingerprint density at radius 3 is 3.18 bits per heavy atom. The second-order valence-corrected chi connectivity index (χ2v) is 3.13. The molecular formula is C9H12N2. The fraction of sp³-hybridized carbons (Fsp3) is 0.333. The number of fused-ring (bicyclic) bond motifs is 1. The average Bonchev–Trinajstić information content (AvgIpc) is 2.32. The summed E-state index contributed by atoms with van der Waals surface area (Å²) in [5, 5.41) is 3.27. The smallest absolute Gasteiger partial charge is 0.0562 e. The van der Waals surface area contributed by atoms with Gasteiger partial charge in [0, 0.05) is 11.6 Å². The Balaban J connectivity index is 2.27. The van der Waals surface area contributed by atoms with Crippen LogP contribution < -0.4 is 11.1 Å². The first-order valence-corrected chi connectivity index (χ1v) is 3.85. The van der Waals surface area contributed by atoms with Crippen LogP contribution in [0.25, 0.3) is 0 Å². The van der Waals surface area contributed by atoms with Crippen molar-refractivity contribution in [2.45, 2.75) is 13.0 Å². The first-order valence-electron chi connectivity index (χ1n) is 3.85. The molecule has 2 atom stereocenters. The van der Waals surface area contributed by atoms with E-state index in [1.54, 1.807) is 0 Å². The van der Waals surface area contributed by atoms with Crippen molar-refractivity contribution >= 4 is 0 Å². The lowest BCUT2D eigenvalue weighted by Crippen LogP contribution is -2.27. The van der Waals surface area contributed by atoms with E-state index in [1.165, 1.54) is 5.57 Å². The molecule has 1 aliphatic heterocycles. The molecule has 0 bridgehead atoms. The summed E-state index contributed by atoms with van der Waals surface area (Å²) in [4.78, 5) is 0. The van der Waals surface area contributed by atoms with Crippen LogP contribution in [0.5, 0.6) is 0 Å². The van der Waals surface area contributed by atoms with Gasteiger partial charge in [0.15, 0.2) is 0 Å². The maximum absolute atomic E-state index is 5.65. The molecule has 0 amide bonds. The van der Waals surface area contributed by atoms with Gasteiger partial charge in [-0.15, -0.1) is 0 Å². The lowest BCUT2D eigenvalue weighted by atomic mass is 9.91. The van der Waals surface area contributed by atoms with Crippen molar-refractivity contribution in [3.05, 3.63) is 35.7 Å². The van der Waals surface area contributed by atoms with Gasteiger partial charge in [0.25, 0.3) is 0 Å². The highest BCUT2D eigenvalue weighted by atomic mass is 14.9. The summed E-state index contributed by atoms with van der Waals surface area (Å²) < 4.78 is 0. The highest BCUT2D eigenvalue weighted by molar-refractivity contribution is 5.33. The van der Waals surface area contributed by atoms with Gasteiger partial charge >= 0.3 is 0 Å². The fourth-order valence-corrected chi connectivity index (χ4v) is 1.61. The van der Waals surface area contributed by atoms with Gasteiger partial charge in [0.05, 0.1) is 6.04 Å². The summed E-state index contributed by atoms with van der Waals surface area (Å²) in [7, 11) is 0. The zero-order valence-corrected chi connectivity index (χ0v) is 6.54. The van der Waals surface area contributed by atoms with Gasteiger partial charge in [-0.05, 0) is 30.8 Å². The summed E-state index contributed by atoms with van der Waals surface area (Å²) >= 11 is 0. The zero-order valence-electron chi connectivity index (χ0n) is 6.54. The van der Waals surface area contributed by atoms with E-state index >= 15 is 0 Å². The summed E-state index contributed by atoms with van der Waals surface area (Å²) in [5.74, 6) is 0.530. The Kier molecular flexibility index (Phi) is 1.28. The van der Waals surface area contributed by atoms with Gasteiger partial charge in [0.1, 0.15) is 0 Å². The Labute approximate surface area is 66.5 Å². The van der Waals surface area contributed by atoms with Gasteiger partial charge in [-0.25, -0.2) is 0 Å². The molecule has 0 radical (unpaired) electrons. The van der Waals surface area contributed by atoms with Crippen LogP contribution in [0.15, 0.2) is 35.7 Å². The third-order valence-electron chi connectivity index (χ3n) is 2.28. The van der Waals surface area contributed by atoms with Gasteiger partial charge in [-0.2, -0.15) is 0 Å². The first-order chi connectivity index (χ1) is 5.27. The zero-order chi connectivity index (χ0) is 7.84. The van der Waals surface area contributed by atoms with Crippen LogP contribution in [0.4, 0.5) is 0 Å². The van der Waals surface area contributed by atoms with Crippen molar-refractivity contribution in [1.29, 1.82) is 0 Å². The maximum atomic E-state index is 5.65. The molecule has 2 unspecified atom stereocenters. The van der Waals surface area contributed by atoms with E-state index in [9.17, 15) is 0 Å². The quantitative estimate of drug-likeness (QED) is 0.535. The number of rotatable bonds is 0. The number of nitrogens with one attached hydrogen (secondary N) is 1. The molecule has 11 heavy (non-hydrogen) atoms. The molecule has 1 aliphatic carbocycles. The van der Waals surface area contributed by atoms with E-state index in [2.05, 4.69) is 30.6 Å². The minimum Gasteiger partial charge on any atom is -0.399 e. The van der Waals surface area contributed by atoms with Crippen molar-refractivity contribution in [3.63, 3.8) is 0 Å². The molecule has 0 spiro atoms. The maximum Gasteiger partial charge on any atom is 0.0562 e. The molecule has 1 heterocycles. The van der Waals surface area contributed by atoms with Gasteiger partial charge in [0.2, 0.25) is 0 Å².